The minimum absolute atomic E-state index is 0.152. The number of carbonyl (C=O) groups excluding carboxylic acids is 3. The highest BCUT2D eigenvalue weighted by molar-refractivity contribution is 5.98. The van der Waals surface area contributed by atoms with Crippen molar-refractivity contribution in [1.82, 2.24) is 15.5 Å². The van der Waals surface area contributed by atoms with Crippen molar-refractivity contribution >= 4 is 17.7 Å². The van der Waals surface area contributed by atoms with Crippen molar-refractivity contribution in [2.75, 3.05) is 6.54 Å². The second kappa shape index (κ2) is 11.6. The van der Waals surface area contributed by atoms with Crippen molar-refractivity contribution in [3.63, 3.8) is 0 Å². The molecule has 1 aliphatic rings. The number of benzene rings is 4. The minimum Gasteiger partial charge on any atom is -0.326 e. The van der Waals surface area contributed by atoms with Gasteiger partial charge in [-0.05, 0) is 48.9 Å². The summed E-state index contributed by atoms with van der Waals surface area (Å²) in [7, 11) is 0. The van der Waals surface area contributed by atoms with E-state index in [9.17, 15) is 14.4 Å². The van der Waals surface area contributed by atoms with Crippen LogP contribution in [0.1, 0.15) is 54.7 Å². The number of hydrogen-bond acceptors (Lipinski definition) is 3. The fourth-order valence-corrected chi connectivity index (χ4v) is 4.73. The molecule has 6 heteroatoms. The van der Waals surface area contributed by atoms with Gasteiger partial charge in [-0.25, -0.2) is 0 Å². The molecule has 0 aliphatic carbocycles. The molecule has 1 aliphatic heterocycles. The number of rotatable bonds is 6. The van der Waals surface area contributed by atoms with Crippen LogP contribution >= 0.6 is 0 Å². The maximum Gasteiger partial charge on any atom is 0.255 e. The summed E-state index contributed by atoms with van der Waals surface area (Å²) >= 11 is 0. The van der Waals surface area contributed by atoms with E-state index in [1.54, 1.807) is 65.6 Å². The Hall–Kier alpha value is -4.97. The van der Waals surface area contributed by atoms with Gasteiger partial charge < -0.3 is 15.5 Å². The van der Waals surface area contributed by atoms with Crippen molar-refractivity contribution in [3.8, 4) is 0 Å². The molecule has 4 aromatic carbocycles. The van der Waals surface area contributed by atoms with E-state index in [0.717, 1.165) is 11.1 Å². The highest BCUT2D eigenvalue weighted by atomic mass is 16.2. The highest BCUT2D eigenvalue weighted by Gasteiger charge is 2.36. The molecule has 194 valence electrons. The molecule has 39 heavy (non-hydrogen) atoms. The Morgan fingerprint density at radius 3 is 1.67 bits per heavy atom. The average Bonchev–Trinajstić information content (AvgIpc) is 2.99. The van der Waals surface area contributed by atoms with E-state index in [1.165, 1.54) is 0 Å². The molecule has 3 amide bonds. The third-order valence-corrected chi connectivity index (χ3v) is 6.77. The zero-order valence-electron chi connectivity index (χ0n) is 21.6. The first kappa shape index (κ1) is 25.7. The van der Waals surface area contributed by atoms with Gasteiger partial charge in [-0.15, -0.1) is 0 Å². The molecule has 6 nitrogen and oxygen atoms in total. The maximum atomic E-state index is 13.8. The van der Waals surface area contributed by atoms with Crippen molar-refractivity contribution in [2.24, 2.45) is 0 Å². The van der Waals surface area contributed by atoms with Crippen LogP contribution in [0.15, 0.2) is 127 Å². The number of nitrogens with one attached hydrogen (secondary N) is 2. The Balaban J connectivity index is 1.61. The van der Waals surface area contributed by atoms with Crippen LogP contribution in [0.2, 0.25) is 0 Å². The molecule has 0 spiro atoms. The van der Waals surface area contributed by atoms with Crippen molar-refractivity contribution < 1.29 is 14.4 Å². The van der Waals surface area contributed by atoms with Gasteiger partial charge >= 0.3 is 0 Å². The third kappa shape index (κ3) is 5.80. The van der Waals surface area contributed by atoms with Crippen molar-refractivity contribution in [1.29, 1.82) is 0 Å². The van der Waals surface area contributed by atoms with Crippen molar-refractivity contribution in [2.45, 2.75) is 19.4 Å². The molecule has 1 heterocycles. The Morgan fingerprint density at radius 2 is 1.13 bits per heavy atom. The molecule has 0 bridgehead atoms. The Morgan fingerprint density at radius 1 is 0.641 bits per heavy atom. The van der Waals surface area contributed by atoms with Gasteiger partial charge in [0.2, 0.25) is 0 Å². The molecule has 0 fully saturated rings. The standard InChI is InChI=1S/C33H29N3O3/c1-23-17-19-24(20-18-23)30-29(35-32(38)26-13-7-3-8-14-26)28(34-31(37)25-11-5-2-6-12-25)21-22-36(30)33(39)27-15-9-4-10-16-27/h2-20,30H,21-22H2,1H3,(H,34,37)(H,35,38). The SMILES string of the molecule is Cc1ccc(C2C(NC(=O)c3ccccc3)=C(NC(=O)c3ccccc3)CCN2C(=O)c2ccccc2)cc1. The van der Waals surface area contributed by atoms with Crippen LogP contribution in [-0.4, -0.2) is 29.2 Å². The highest BCUT2D eigenvalue weighted by Crippen LogP contribution is 2.35. The predicted molar refractivity (Wildman–Crippen MR) is 151 cm³/mol. The van der Waals surface area contributed by atoms with Gasteiger partial charge in [0.25, 0.3) is 17.7 Å². The van der Waals surface area contributed by atoms with Gasteiger partial charge in [0.05, 0.1) is 11.7 Å². The largest absolute Gasteiger partial charge is 0.326 e. The van der Waals surface area contributed by atoms with E-state index in [-0.39, 0.29) is 17.7 Å². The minimum atomic E-state index is -0.620. The fourth-order valence-electron chi connectivity index (χ4n) is 4.73. The third-order valence-electron chi connectivity index (χ3n) is 6.77. The molecule has 0 aromatic heterocycles. The van der Waals surface area contributed by atoms with Crippen LogP contribution in [0.5, 0.6) is 0 Å². The van der Waals surface area contributed by atoms with Crippen LogP contribution in [0.4, 0.5) is 0 Å². The number of aryl methyl sites for hydroxylation is 1. The van der Waals surface area contributed by atoms with Crippen LogP contribution in [0, 0.1) is 6.92 Å². The first-order chi connectivity index (χ1) is 19.0. The molecular formula is C33H29N3O3. The predicted octanol–water partition coefficient (Wildman–Crippen LogP) is 5.65. The molecule has 2 N–H and O–H groups in total. The smallest absolute Gasteiger partial charge is 0.255 e. The summed E-state index contributed by atoms with van der Waals surface area (Å²) in [6, 6.07) is 34.2. The number of amides is 3. The van der Waals surface area contributed by atoms with Crippen LogP contribution in [-0.2, 0) is 0 Å². The number of hydrogen-bond donors (Lipinski definition) is 2. The Labute approximate surface area is 228 Å². The molecular weight excluding hydrogens is 486 g/mol. The Bertz CT molecular complexity index is 1500. The Kier molecular flexibility index (Phi) is 7.64. The van der Waals surface area contributed by atoms with Crippen LogP contribution in [0.25, 0.3) is 0 Å². The summed E-state index contributed by atoms with van der Waals surface area (Å²) in [5.41, 5.74) is 4.51. The summed E-state index contributed by atoms with van der Waals surface area (Å²) in [5, 5.41) is 6.11. The molecule has 0 saturated heterocycles. The quantitative estimate of drug-likeness (QED) is 0.348. The summed E-state index contributed by atoms with van der Waals surface area (Å²) in [6.45, 7) is 2.36. The van der Waals surface area contributed by atoms with E-state index in [2.05, 4.69) is 10.6 Å². The molecule has 1 unspecified atom stereocenters. The zero-order valence-corrected chi connectivity index (χ0v) is 21.6. The van der Waals surface area contributed by atoms with Gasteiger partial charge in [-0.1, -0.05) is 84.4 Å². The van der Waals surface area contributed by atoms with Gasteiger partial charge in [-0.2, -0.15) is 0 Å². The van der Waals surface area contributed by atoms with Gasteiger partial charge in [-0.3, -0.25) is 14.4 Å². The lowest BCUT2D eigenvalue weighted by Crippen LogP contribution is -2.46. The second-order valence-corrected chi connectivity index (χ2v) is 9.46. The topological polar surface area (TPSA) is 78.5 Å². The number of nitrogens with zero attached hydrogens (tertiary/aromatic N) is 1. The number of carbonyl (C=O) groups is 3. The first-order valence-electron chi connectivity index (χ1n) is 12.9. The first-order valence-corrected chi connectivity index (χ1v) is 12.9. The lowest BCUT2D eigenvalue weighted by molar-refractivity contribution is 0.0673. The lowest BCUT2D eigenvalue weighted by atomic mass is 9.93. The summed E-state index contributed by atoms with van der Waals surface area (Å²) < 4.78 is 0. The van der Waals surface area contributed by atoms with Gasteiger partial charge in [0.1, 0.15) is 0 Å². The molecule has 0 saturated carbocycles. The van der Waals surface area contributed by atoms with Crippen LogP contribution < -0.4 is 10.6 Å². The van der Waals surface area contributed by atoms with E-state index in [1.807, 2.05) is 61.5 Å². The monoisotopic (exact) mass is 515 g/mol. The molecule has 1 atom stereocenters. The molecule has 5 rings (SSSR count). The van der Waals surface area contributed by atoms with E-state index in [0.29, 0.717) is 41.1 Å². The van der Waals surface area contributed by atoms with E-state index in [4.69, 9.17) is 0 Å². The van der Waals surface area contributed by atoms with Gasteiger partial charge in [0.15, 0.2) is 0 Å². The molecule has 4 aromatic rings. The summed E-state index contributed by atoms with van der Waals surface area (Å²) in [4.78, 5) is 42.2. The van der Waals surface area contributed by atoms with Crippen LogP contribution in [0.3, 0.4) is 0 Å². The molecule has 0 radical (unpaired) electrons. The second-order valence-electron chi connectivity index (χ2n) is 9.46. The van der Waals surface area contributed by atoms with Crippen molar-refractivity contribution in [3.05, 3.63) is 154 Å². The van der Waals surface area contributed by atoms with E-state index >= 15 is 0 Å². The summed E-state index contributed by atoms with van der Waals surface area (Å²) in [5.74, 6) is -0.744. The summed E-state index contributed by atoms with van der Waals surface area (Å²) in [6.07, 6.45) is 0.365. The van der Waals surface area contributed by atoms with Gasteiger partial charge in [0, 0.05) is 35.4 Å². The normalized spacial score (nSPS) is 15.0. The average molecular weight is 516 g/mol. The fraction of sp³-hybridized carbons (Fsp3) is 0.121. The lowest BCUT2D eigenvalue weighted by Gasteiger charge is -2.39. The van der Waals surface area contributed by atoms with E-state index < -0.39 is 6.04 Å². The maximum absolute atomic E-state index is 13.8. The zero-order chi connectivity index (χ0) is 27.2.